The van der Waals surface area contributed by atoms with E-state index in [0.717, 1.165) is 0 Å². The molecule has 0 aliphatic carbocycles. The van der Waals surface area contributed by atoms with Gasteiger partial charge >= 0.3 is 59.8 Å². The van der Waals surface area contributed by atoms with Crippen LogP contribution in [0.4, 0.5) is 0 Å². The van der Waals surface area contributed by atoms with Crippen molar-refractivity contribution >= 4 is 29.2 Å². The predicted octanol–water partition coefficient (Wildman–Crippen LogP) is -6.05. The fraction of sp³-hybridized carbons (Fsp3) is 0. The van der Waals surface area contributed by atoms with Gasteiger partial charge in [0.25, 0.3) is 0 Å². The summed E-state index contributed by atoms with van der Waals surface area (Å²) in [4.78, 5) is 0. The molecule has 0 unspecified atom stereocenters. The quantitative estimate of drug-likeness (QED) is 0.230. The van der Waals surface area contributed by atoms with Gasteiger partial charge in [0.05, 0.1) is 0 Å². The summed E-state index contributed by atoms with van der Waals surface area (Å²) < 4.78 is 68.2. The molecule has 8 nitrogen and oxygen atoms in total. The van der Waals surface area contributed by atoms with Crippen LogP contribution in [-0.2, 0) is 20.8 Å². The molecule has 0 bridgehead atoms. The van der Waals surface area contributed by atoms with Crippen molar-refractivity contribution in [3.8, 4) is 0 Å². The van der Waals surface area contributed by atoms with Crippen molar-refractivity contribution in [1.82, 2.24) is 0 Å². The van der Waals surface area contributed by atoms with E-state index in [0.29, 0.717) is 0 Å². The van der Waals surface area contributed by atoms with Crippen molar-refractivity contribution in [3.63, 3.8) is 0 Å². The Hall–Kier alpha value is 1.44. The van der Waals surface area contributed by atoms with Crippen LogP contribution in [0.1, 0.15) is 0 Å². The standard InChI is InChI=1S/B.K.2H2O4S/c;;2*1-5(2,3)4/h;;2*(H2,1,2,3,4)/q+3;+1;;/p-4. The molecule has 0 radical (unpaired) electrons. The predicted molar refractivity (Wildman–Crippen MR) is 26.7 cm³/mol. The molecular weight excluding hydrogens is 242 g/mol. The Morgan fingerprint density at radius 3 is 0.667 bits per heavy atom. The Morgan fingerprint density at radius 2 is 0.667 bits per heavy atom. The molecule has 0 saturated carbocycles. The summed E-state index contributed by atoms with van der Waals surface area (Å²) >= 11 is 0. The zero-order valence-corrected chi connectivity index (χ0v) is 10.4. The molecule has 0 amide bonds. The van der Waals surface area contributed by atoms with Gasteiger partial charge in [0, 0.05) is 20.8 Å². The molecule has 0 N–H and O–H groups in total. The summed E-state index contributed by atoms with van der Waals surface area (Å²) in [6, 6.07) is 0. The van der Waals surface area contributed by atoms with Crippen molar-refractivity contribution in [2.45, 2.75) is 0 Å². The monoisotopic (exact) mass is 242 g/mol. The zero-order valence-electron chi connectivity index (χ0n) is 5.66. The van der Waals surface area contributed by atoms with Crippen molar-refractivity contribution in [3.05, 3.63) is 0 Å². The van der Waals surface area contributed by atoms with E-state index < -0.39 is 20.8 Å². The van der Waals surface area contributed by atoms with E-state index in [-0.39, 0.29) is 59.8 Å². The van der Waals surface area contributed by atoms with Gasteiger partial charge < -0.3 is 18.2 Å². The molecule has 64 valence electrons. The van der Waals surface area contributed by atoms with Gasteiger partial charge in [0.2, 0.25) is 0 Å². The largest absolute Gasteiger partial charge is 3.00 e. The van der Waals surface area contributed by atoms with Crippen molar-refractivity contribution in [1.29, 1.82) is 0 Å². The third-order valence-electron chi connectivity index (χ3n) is 0. The summed E-state index contributed by atoms with van der Waals surface area (Å²) in [6.45, 7) is 0. The van der Waals surface area contributed by atoms with Gasteiger partial charge in [0.15, 0.2) is 0 Å². The maximum atomic E-state index is 8.52. The van der Waals surface area contributed by atoms with Gasteiger partial charge in [-0.3, -0.25) is 16.8 Å². The second kappa shape index (κ2) is 9.01. The number of hydrogen-bond donors (Lipinski definition) is 0. The van der Waals surface area contributed by atoms with E-state index in [9.17, 15) is 0 Å². The summed E-state index contributed by atoms with van der Waals surface area (Å²) in [5, 5.41) is 0. The van der Waals surface area contributed by atoms with Crippen LogP contribution in [0.3, 0.4) is 0 Å². The van der Waals surface area contributed by atoms with E-state index in [1.54, 1.807) is 0 Å². The van der Waals surface area contributed by atoms with Crippen molar-refractivity contribution in [2.24, 2.45) is 0 Å². The van der Waals surface area contributed by atoms with Crippen LogP contribution in [0.25, 0.3) is 0 Å². The normalized spacial score (nSPS) is 9.67. The summed E-state index contributed by atoms with van der Waals surface area (Å²) in [7, 11) is -10.3. The average molecular weight is 242 g/mol. The van der Waals surface area contributed by atoms with Gasteiger partial charge in [-0.2, -0.15) is 0 Å². The number of hydrogen-bond acceptors (Lipinski definition) is 8. The second-order valence-electron chi connectivity index (χ2n) is 0.816. The van der Waals surface area contributed by atoms with E-state index in [4.69, 9.17) is 35.0 Å². The molecule has 0 rings (SSSR count). The summed E-state index contributed by atoms with van der Waals surface area (Å²) in [5.41, 5.74) is 0. The fourth-order valence-electron chi connectivity index (χ4n) is 0. The molecule has 12 heavy (non-hydrogen) atoms. The topological polar surface area (TPSA) is 161 Å². The first-order valence-electron chi connectivity index (χ1n) is 1.33. The maximum Gasteiger partial charge on any atom is 3.00 e. The van der Waals surface area contributed by atoms with E-state index >= 15 is 0 Å². The smallest absolute Gasteiger partial charge is 0.759 e. The first-order valence-corrected chi connectivity index (χ1v) is 4.00. The Labute approximate surface area is 114 Å². The Morgan fingerprint density at radius 1 is 0.667 bits per heavy atom. The summed E-state index contributed by atoms with van der Waals surface area (Å²) in [6.07, 6.45) is 0. The van der Waals surface area contributed by atoms with Crippen molar-refractivity contribution in [2.75, 3.05) is 0 Å². The molecular formula is BKO8S2. The SMILES string of the molecule is O=S(=O)([O-])[O-].O=S(=O)([O-])[O-].[B+3].[K+]. The molecule has 0 saturated heterocycles. The van der Waals surface area contributed by atoms with Gasteiger partial charge in [-0.15, -0.1) is 0 Å². The Balaban J connectivity index is -0.0000000457. The van der Waals surface area contributed by atoms with Crippen LogP contribution >= 0.6 is 0 Å². The van der Waals surface area contributed by atoms with Crippen LogP contribution in [0, 0.1) is 0 Å². The van der Waals surface area contributed by atoms with Crippen LogP contribution in [0.15, 0.2) is 0 Å². The molecule has 0 aromatic carbocycles. The van der Waals surface area contributed by atoms with Gasteiger partial charge in [0.1, 0.15) is 0 Å². The molecule has 0 aromatic heterocycles. The van der Waals surface area contributed by atoms with E-state index in [1.807, 2.05) is 0 Å². The third-order valence-corrected chi connectivity index (χ3v) is 0. The molecule has 0 heterocycles. The third kappa shape index (κ3) is 600. The Bertz CT molecular complexity index is 213. The summed E-state index contributed by atoms with van der Waals surface area (Å²) in [5.74, 6) is 0. The minimum absolute atomic E-state index is 0. The average Bonchev–Trinajstić information content (AvgIpc) is 1.12. The fourth-order valence-corrected chi connectivity index (χ4v) is 0. The maximum absolute atomic E-state index is 8.52. The molecule has 0 aliphatic rings. The van der Waals surface area contributed by atoms with E-state index in [2.05, 4.69) is 0 Å². The molecule has 0 atom stereocenters. The van der Waals surface area contributed by atoms with Crippen molar-refractivity contribution < 1.29 is 86.4 Å². The Kier molecular flexibility index (Phi) is 17.5. The van der Waals surface area contributed by atoms with Crippen LogP contribution in [0.2, 0.25) is 0 Å². The van der Waals surface area contributed by atoms with Gasteiger partial charge in [-0.25, -0.2) is 0 Å². The molecule has 0 aliphatic heterocycles. The zero-order chi connectivity index (χ0) is 9.00. The molecule has 12 heteroatoms. The molecule has 0 aromatic rings. The minimum Gasteiger partial charge on any atom is -0.759 e. The molecule has 0 spiro atoms. The number of rotatable bonds is 0. The first-order chi connectivity index (χ1) is 4.00. The minimum atomic E-state index is -5.17. The van der Waals surface area contributed by atoms with E-state index in [1.165, 1.54) is 0 Å². The first kappa shape index (κ1) is 23.3. The van der Waals surface area contributed by atoms with Gasteiger partial charge in [-0.1, -0.05) is 0 Å². The molecule has 0 fully saturated rings. The van der Waals surface area contributed by atoms with Crippen LogP contribution < -0.4 is 51.4 Å². The van der Waals surface area contributed by atoms with Crippen LogP contribution in [-0.4, -0.2) is 43.5 Å². The van der Waals surface area contributed by atoms with Gasteiger partial charge in [-0.05, 0) is 0 Å². The second-order valence-corrected chi connectivity index (χ2v) is 2.45. The van der Waals surface area contributed by atoms with Crippen LogP contribution in [0.5, 0.6) is 0 Å².